The van der Waals surface area contributed by atoms with Gasteiger partial charge in [0.15, 0.2) is 0 Å². The Morgan fingerprint density at radius 1 is 1.47 bits per heavy atom. The molecule has 3 nitrogen and oxygen atoms in total. The number of amides is 1. The summed E-state index contributed by atoms with van der Waals surface area (Å²) in [6.07, 6.45) is 6.68. The summed E-state index contributed by atoms with van der Waals surface area (Å²) in [5, 5.41) is 3.12. The first-order chi connectivity index (χ1) is 8.08. The van der Waals surface area contributed by atoms with Crippen LogP contribution in [0.5, 0.6) is 0 Å². The number of aromatic nitrogens is 1. The lowest BCUT2D eigenvalue weighted by Gasteiger charge is -2.15. The number of rotatable bonds is 3. The van der Waals surface area contributed by atoms with Crippen LogP contribution in [-0.2, 0) is 0 Å². The van der Waals surface area contributed by atoms with Gasteiger partial charge < -0.3 is 9.88 Å². The van der Waals surface area contributed by atoms with Crippen LogP contribution in [-0.4, -0.2) is 16.5 Å². The molecule has 1 heterocycles. The lowest BCUT2D eigenvalue weighted by Crippen LogP contribution is -2.34. The van der Waals surface area contributed by atoms with Crippen molar-refractivity contribution in [3.05, 3.63) is 22.4 Å². The topological polar surface area (TPSA) is 34.0 Å². The summed E-state index contributed by atoms with van der Waals surface area (Å²) in [7, 11) is 0. The van der Waals surface area contributed by atoms with Crippen LogP contribution < -0.4 is 5.32 Å². The molecule has 1 aliphatic rings. The molecule has 1 aliphatic carbocycles. The second-order valence-corrected chi connectivity index (χ2v) is 5.92. The average molecular weight is 299 g/mol. The molecule has 0 aliphatic heterocycles. The van der Waals surface area contributed by atoms with Gasteiger partial charge in [0.1, 0.15) is 5.69 Å². The van der Waals surface area contributed by atoms with Crippen LogP contribution in [0, 0.1) is 0 Å². The molecule has 0 bridgehead atoms. The highest BCUT2D eigenvalue weighted by Gasteiger charge is 2.20. The normalized spacial score (nSPS) is 16.7. The Labute approximate surface area is 111 Å². The van der Waals surface area contributed by atoms with Crippen LogP contribution in [0.3, 0.4) is 0 Å². The summed E-state index contributed by atoms with van der Waals surface area (Å²) in [5.74, 6) is 0.0521. The van der Waals surface area contributed by atoms with Crippen LogP contribution in [0.4, 0.5) is 0 Å². The fraction of sp³-hybridized carbons (Fsp3) is 0.615. The predicted octanol–water partition coefficient (Wildman–Crippen LogP) is 3.50. The zero-order chi connectivity index (χ0) is 12.4. The molecule has 1 aromatic rings. The van der Waals surface area contributed by atoms with E-state index >= 15 is 0 Å². The van der Waals surface area contributed by atoms with Gasteiger partial charge in [-0.15, -0.1) is 0 Å². The van der Waals surface area contributed by atoms with E-state index in [1.54, 1.807) is 0 Å². The highest BCUT2D eigenvalue weighted by molar-refractivity contribution is 9.10. The minimum atomic E-state index is 0.0521. The predicted molar refractivity (Wildman–Crippen MR) is 72.2 cm³/mol. The second-order valence-electron chi connectivity index (χ2n) is 5.00. The molecular weight excluding hydrogens is 280 g/mol. The van der Waals surface area contributed by atoms with Crippen molar-refractivity contribution in [3.8, 4) is 0 Å². The Hall–Kier alpha value is -0.770. The number of nitrogens with zero attached hydrogens (tertiary/aromatic N) is 1. The van der Waals surface area contributed by atoms with Crippen molar-refractivity contribution in [2.75, 3.05) is 0 Å². The highest BCUT2D eigenvalue weighted by atomic mass is 79.9. The summed E-state index contributed by atoms with van der Waals surface area (Å²) in [5.41, 5.74) is 0.749. The largest absolute Gasteiger partial charge is 0.348 e. The van der Waals surface area contributed by atoms with Crippen molar-refractivity contribution in [2.24, 2.45) is 0 Å². The Morgan fingerprint density at radius 3 is 2.71 bits per heavy atom. The SMILES string of the molecule is CC(C)n1cc(Br)cc1C(=O)NC1CCCC1. The third-order valence-corrected chi connectivity index (χ3v) is 3.73. The molecule has 0 unspecified atom stereocenters. The molecule has 0 spiro atoms. The van der Waals surface area contributed by atoms with Crippen LogP contribution >= 0.6 is 15.9 Å². The summed E-state index contributed by atoms with van der Waals surface area (Å²) in [6, 6.07) is 2.56. The first-order valence-corrected chi connectivity index (χ1v) is 7.05. The van der Waals surface area contributed by atoms with E-state index in [0.29, 0.717) is 12.1 Å². The van der Waals surface area contributed by atoms with Gasteiger partial charge in [-0.1, -0.05) is 12.8 Å². The van der Waals surface area contributed by atoms with E-state index in [0.717, 1.165) is 23.0 Å². The maximum atomic E-state index is 12.2. The van der Waals surface area contributed by atoms with Gasteiger partial charge in [-0.3, -0.25) is 4.79 Å². The minimum absolute atomic E-state index is 0.0521. The van der Waals surface area contributed by atoms with Gasteiger partial charge in [-0.2, -0.15) is 0 Å². The highest BCUT2D eigenvalue weighted by Crippen LogP contribution is 2.21. The second kappa shape index (κ2) is 5.25. The van der Waals surface area contributed by atoms with Gasteiger partial charge in [0.2, 0.25) is 0 Å². The minimum Gasteiger partial charge on any atom is -0.348 e. The molecule has 1 saturated carbocycles. The van der Waals surface area contributed by atoms with Crippen LogP contribution in [0.2, 0.25) is 0 Å². The monoisotopic (exact) mass is 298 g/mol. The van der Waals surface area contributed by atoms with E-state index in [4.69, 9.17) is 0 Å². The van der Waals surface area contributed by atoms with Gasteiger partial charge in [0, 0.05) is 22.8 Å². The zero-order valence-corrected chi connectivity index (χ0v) is 12.0. The van der Waals surface area contributed by atoms with E-state index in [1.807, 2.05) is 16.8 Å². The lowest BCUT2D eigenvalue weighted by molar-refractivity contribution is 0.0927. The Bertz CT molecular complexity index is 406. The first kappa shape index (κ1) is 12.7. The van der Waals surface area contributed by atoms with E-state index in [9.17, 15) is 4.79 Å². The van der Waals surface area contributed by atoms with Gasteiger partial charge in [-0.25, -0.2) is 0 Å². The summed E-state index contributed by atoms with van der Waals surface area (Å²) in [6.45, 7) is 4.16. The summed E-state index contributed by atoms with van der Waals surface area (Å²) >= 11 is 3.43. The van der Waals surface area contributed by atoms with E-state index in [-0.39, 0.29) is 5.91 Å². The fourth-order valence-electron chi connectivity index (χ4n) is 2.38. The van der Waals surface area contributed by atoms with Gasteiger partial charge >= 0.3 is 0 Å². The van der Waals surface area contributed by atoms with Crippen molar-refractivity contribution < 1.29 is 4.79 Å². The molecule has 0 atom stereocenters. The number of nitrogens with one attached hydrogen (secondary N) is 1. The molecule has 1 amide bonds. The molecule has 0 radical (unpaired) electrons. The van der Waals surface area contributed by atoms with Crippen molar-refractivity contribution in [3.63, 3.8) is 0 Å². The number of carbonyl (C=O) groups excluding carboxylic acids is 1. The van der Waals surface area contributed by atoms with Crippen molar-refractivity contribution in [2.45, 2.75) is 51.6 Å². The molecule has 0 saturated heterocycles. The maximum absolute atomic E-state index is 12.2. The van der Waals surface area contributed by atoms with E-state index in [2.05, 4.69) is 35.1 Å². The molecular formula is C13H19BrN2O. The van der Waals surface area contributed by atoms with Gasteiger partial charge in [0.25, 0.3) is 5.91 Å². The number of halogens is 1. The third-order valence-electron chi connectivity index (χ3n) is 3.29. The van der Waals surface area contributed by atoms with Crippen molar-refractivity contribution in [1.82, 2.24) is 9.88 Å². The maximum Gasteiger partial charge on any atom is 0.268 e. The number of hydrogen-bond donors (Lipinski definition) is 1. The van der Waals surface area contributed by atoms with Crippen molar-refractivity contribution >= 4 is 21.8 Å². The van der Waals surface area contributed by atoms with E-state index < -0.39 is 0 Å². The number of carbonyl (C=O) groups is 1. The Balaban J connectivity index is 2.12. The first-order valence-electron chi connectivity index (χ1n) is 6.26. The molecule has 17 heavy (non-hydrogen) atoms. The smallest absolute Gasteiger partial charge is 0.268 e. The summed E-state index contributed by atoms with van der Waals surface area (Å²) < 4.78 is 2.97. The Morgan fingerprint density at radius 2 is 2.12 bits per heavy atom. The van der Waals surface area contributed by atoms with Crippen LogP contribution in [0.15, 0.2) is 16.7 Å². The fourth-order valence-corrected chi connectivity index (χ4v) is 2.82. The molecule has 1 fully saturated rings. The van der Waals surface area contributed by atoms with Crippen LogP contribution in [0.25, 0.3) is 0 Å². The zero-order valence-electron chi connectivity index (χ0n) is 10.4. The molecule has 4 heteroatoms. The molecule has 1 aromatic heterocycles. The van der Waals surface area contributed by atoms with Gasteiger partial charge in [-0.05, 0) is 48.7 Å². The molecule has 0 aromatic carbocycles. The average Bonchev–Trinajstić information content (AvgIpc) is 2.86. The quantitative estimate of drug-likeness (QED) is 0.910. The molecule has 2 rings (SSSR count). The van der Waals surface area contributed by atoms with Crippen molar-refractivity contribution in [1.29, 1.82) is 0 Å². The summed E-state index contributed by atoms with van der Waals surface area (Å²) in [4.78, 5) is 12.2. The van der Waals surface area contributed by atoms with Crippen LogP contribution in [0.1, 0.15) is 56.1 Å². The molecule has 94 valence electrons. The number of hydrogen-bond acceptors (Lipinski definition) is 1. The molecule has 1 N–H and O–H groups in total. The van der Waals surface area contributed by atoms with E-state index in [1.165, 1.54) is 12.8 Å². The lowest BCUT2D eigenvalue weighted by atomic mass is 10.2. The Kier molecular flexibility index (Phi) is 3.92. The standard InChI is InChI=1S/C13H19BrN2O/c1-9(2)16-8-10(14)7-12(16)13(17)15-11-5-3-4-6-11/h7-9,11H,3-6H2,1-2H3,(H,15,17). The van der Waals surface area contributed by atoms with Gasteiger partial charge in [0.05, 0.1) is 0 Å². The third kappa shape index (κ3) is 2.92.